The maximum Gasteiger partial charge on any atom is 0.123 e. The quantitative estimate of drug-likeness (QED) is 0.810. The van der Waals surface area contributed by atoms with E-state index >= 15 is 0 Å². The number of benzene rings is 2. The highest BCUT2D eigenvalue weighted by Gasteiger charge is 2.28. The number of fused-ring (bicyclic) bond motifs is 1. The van der Waals surface area contributed by atoms with Gasteiger partial charge in [-0.3, -0.25) is 0 Å². The summed E-state index contributed by atoms with van der Waals surface area (Å²) < 4.78 is 0. The average Bonchev–Trinajstić information content (AvgIpc) is 2.39. The van der Waals surface area contributed by atoms with Crippen molar-refractivity contribution in [3.8, 4) is 5.75 Å². The highest BCUT2D eigenvalue weighted by atomic mass is 35.5. The summed E-state index contributed by atoms with van der Waals surface area (Å²) in [6.45, 7) is 3.88. The third-order valence-corrected chi connectivity index (χ3v) is 3.52. The highest BCUT2D eigenvalue weighted by Crippen LogP contribution is 2.37. The largest absolute Gasteiger partial charge is 0.507 e. The first-order valence-corrected chi connectivity index (χ1v) is 6.04. The van der Waals surface area contributed by atoms with Crippen molar-refractivity contribution in [1.29, 1.82) is 0 Å². The van der Waals surface area contributed by atoms with Gasteiger partial charge in [0.1, 0.15) is 5.75 Å². The summed E-state index contributed by atoms with van der Waals surface area (Å²) in [6, 6.07) is 10.8. The van der Waals surface area contributed by atoms with Crippen molar-refractivity contribution in [1.82, 2.24) is 0 Å². The Morgan fingerprint density at radius 1 is 1.11 bits per heavy atom. The SMILES string of the molecule is CC(C)(CO)[C@H](N)c1ccc(O)c2ccccc12.Cl. The summed E-state index contributed by atoms with van der Waals surface area (Å²) in [5, 5.41) is 21.0. The van der Waals surface area contributed by atoms with Gasteiger partial charge in [0.15, 0.2) is 0 Å². The second-order valence-corrected chi connectivity index (χ2v) is 5.34. The van der Waals surface area contributed by atoms with E-state index in [2.05, 4.69) is 0 Å². The first-order valence-electron chi connectivity index (χ1n) is 6.04. The maximum absolute atomic E-state index is 9.85. The number of nitrogens with two attached hydrogens (primary N) is 1. The Hall–Kier alpha value is -1.29. The first-order chi connectivity index (χ1) is 8.47. The standard InChI is InChI=1S/C15H19NO2.ClH/c1-15(2,9-17)14(16)12-7-8-13(18)11-6-4-3-5-10(11)12;/h3-8,14,17-18H,9,16H2,1-2H3;1H/t14-;/m1./s1. The molecule has 2 rings (SSSR count). The van der Waals surface area contributed by atoms with E-state index in [0.717, 1.165) is 16.3 Å². The molecule has 0 amide bonds. The van der Waals surface area contributed by atoms with Crippen molar-refractivity contribution in [3.05, 3.63) is 42.0 Å². The normalized spacial score (nSPS) is 13.1. The van der Waals surface area contributed by atoms with Gasteiger partial charge in [0.2, 0.25) is 0 Å². The third kappa shape index (κ3) is 2.84. The van der Waals surface area contributed by atoms with Gasteiger partial charge in [-0.2, -0.15) is 0 Å². The molecule has 0 spiro atoms. The van der Waals surface area contributed by atoms with E-state index < -0.39 is 5.41 Å². The molecule has 0 fully saturated rings. The summed E-state index contributed by atoms with van der Waals surface area (Å²) in [6.07, 6.45) is 0. The number of phenols is 1. The fourth-order valence-corrected chi connectivity index (χ4v) is 2.10. The van der Waals surface area contributed by atoms with Gasteiger partial charge in [-0.25, -0.2) is 0 Å². The number of aliphatic hydroxyl groups is 1. The molecule has 0 saturated heterocycles. The number of hydrogen-bond donors (Lipinski definition) is 3. The Balaban J connectivity index is 0.00000180. The molecule has 4 heteroatoms. The number of aliphatic hydroxyl groups excluding tert-OH is 1. The van der Waals surface area contributed by atoms with Gasteiger partial charge in [0, 0.05) is 23.4 Å². The predicted molar refractivity (Wildman–Crippen MR) is 80.7 cm³/mol. The molecule has 2 aromatic carbocycles. The summed E-state index contributed by atoms with van der Waals surface area (Å²) in [4.78, 5) is 0. The molecule has 104 valence electrons. The van der Waals surface area contributed by atoms with Gasteiger partial charge in [-0.1, -0.05) is 44.2 Å². The summed E-state index contributed by atoms with van der Waals surface area (Å²) >= 11 is 0. The van der Waals surface area contributed by atoms with Gasteiger partial charge in [0.05, 0.1) is 0 Å². The van der Waals surface area contributed by atoms with Gasteiger partial charge in [0.25, 0.3) is 0 Å². The van der Waals surface area contributed by atoms with E-state index in [1.807, 2.05) is 44.2 Å². The van der Waals surface area contributed by atoms with Gasteiger partial charge in [-0.15, -0.1) is 12.4 Å². The lowest BCUT2D eigenvalue weighted by molar-refractivity contribution is 0.133. The molecule has 1 atom stereocenters. The smallest absolute Gasteiger partial charge is 0.123 e. The summed E-state index contributed by atoms with van der Waals surface area (Å²) in [5.74, 6) is 0.253. The zero-order valence-corrected chi connectivity index (χ0v) is 11.9. The van der Waals surface area contributed by atoms with E-state index in [1.54, 1.807) is 6.07 Å². The predicted octanol–water partition coefficient (Wildman–Crippen LogP) is 2.99. The molecule has 0 saturated carbocycles. The molecule has 0 aliphatic heterocycles. The topological polar surface area (TPSA) is 66.5 Å². The van der Waals surface area contributed by atoms with E-state index in [-0.39, 0.29) is 30.8 Å². The summed E-state index contributed by atoms with van der Waals surface area (Å²) in [5.41, 5.74) is 6.80. The maximum atomic E-state index is 9.85. The van der Waals surface area contributed by atoms with Crippen LogP contribution in [0.5, 0.6) is 5.75 Å². The van der Waals surface area contributed by atoms with Crippen molar-refractivity contribution in [2.45, 2.75) is 19.9 Å². The van der Waals surface area contributed by atoms with Crippen molar-refractivity contribution < 1.29 is 10.2 Å². The van der Waals surface area contributed by atoms with Crippen LogP contribution < -0.4 is 5.73 Å². The average molecular weight is 282 g/mol. The Bertz CT molecular complexity index is 569. The lowest BCUT2D eigenvalue weighted by Crippen LogP contribution is -2.32. The monoisotopic (exact) mass is 281 g/mol. The molecular weight excluding hydrogens is 262 g/mol. The number of aromatic hydroxyl groups is 1. The van der Waals surface area contributed by atoms with Crippen LogP contribution in [0.2, 0.25) is 0 Å². The lowest BCUT2D eigenvalue weighted by atomic mass is 9.80. The molecule has 0 heterocycles. The van der Waals surface area contributed by atoms with E-state index in [9.17, 15) is 10.2 Å². The van der Waals surface area contributed by atoms with Crippen molar-refractivity contribution >= 4 is 23.2 Å². The van der Waals surface area contributed by atoms with Crippen molar-refractivity contribution in [3.63, 3.8) is 0 Å². The van der Waals surface area contributed by atoms with Crippen LogP contribution in [0.15, 0.2) is 36.4 Å². The molecule has 2 aromatic rings. The Labute approximate surface area is 119 Å². The minimum Gasteiger partial charge on any atom is -0.507 e. The van der Waals surface area contributed by atoms with Crippen molar-refractivity contribution in [2.24, 2.45) is 11.1 Å². The van der Waals surface area contributed by atoms with E-state index in [4.69, 9.17) is 5.73 Å². The van der Waals surface area contributed by atoms with Gasteiger partial charge < -0.3 is 15.9 Å². The van der Waals surface area contributed by atoms with Crippen LogP contribution in [0.25, 0.3) is 10.8 Å². The highest BCUT2D eigenvalue weighted by molar-refractivity contribution is 5.91. The fraction of sp³-hybridized carbons (Fsp3) is 0.333. The second kappa shape index (κ2) is 5.78. The fourth-order valence-electron chi connectivity index (χ4n) is 2.10. The minimum atomic E-state index is -0.403. The minimum absolute atomic E-state index is 0. The number of hydrogen-bond acceptors (Lipinski definition) is 3. The van der Waals surface area contributed by atoms with Gasteiger partial charge in [-0.05, 0) is 17.0 Å². The van der Waals surface area contributed by atoms with E-state index in [0.29, 0.717) is 0 Å². The molecule has 19 heavy (non-hydrogen) atoms. The molecule has 4 N–H and O–H groups in total. The van der Waals surface area contributed by atoms with E-state index in [1.165, 1.54) is 0 Å². The van der Waals surface area contributed by atoms with Crippen LogP contribution in [-0.4, -0.2) is 16.8 Å². The number of rotatable bonds is 3. The molecule has 0 aliphatic rings. The molecule has 0 aliphatic carbocycles. The van der Waals surface area contributed by atoms with Gasteiger partial charge >= 0.3 is 0 Å². The molecule has 0 bridgehead atoms. The lowest BCUT2D eigenvalue weighted by Gasteiger charge is -2.30. The Morgan fingerprint density at radius 3 is 2.26 bits per heavy atom. The zero-order valence-electron chi connectivity index (χ0n) is 11.1. The van der Waals surface area contributed by atoms with Crippen LogP contribution >= 0.6 is 12.4 Å². The third-order valence-electron chi connectivity index (χ3n) is 3.52. The van der Waals surface area contributed by atoms with Crippen LogP contribution in [-0.2, 0) is 0 Å². The van der Waals surface area contributed by atoms with Crippen LogP contribution in [0, 0.1) is 5.41 Å². The van der Waals surface area contributed by atoms with Crippen LogP contribution in [0.3, 0.4) is 0 Å². The van der Waals surface area contributed by atoms with Crippen LogP contribution in [0.4, 0.5) is 0 Å². The second-order valence-electron chi connectivity index (χ2n) is 5.34. The zero-order chi connectivity index (χ0) is 13.3. The number of phenolic OH excluding ortho intramolecular Hbond substituents is 1. The molecular formula is C15H20ClNO2. The number of halogens is 1. The molecule has 3 nitrogen and oxygen atoms in total. The molecule has 0 radical (unpaired) electrons. The molecule has 0 aromatic heterocycles. The first kappa shape index (κ1) is 15.8. The van der Waals surface area contributed by atoms with Crippen LogP contribution in [0.1, 0.15) is 25.5 Å². The van der Waals surface area contributed by atoms with Crippen molar-refractivity contribution in [2.75, 3.05) is 6.61 Å². The summed E-state index contributed by atoms with van der Waals surface area (Å²) in [7, 11) is 0. The Kier molecular flexibility index (Phi) is 4.80. The molecule has 0 unspecified atom stereocenters. The Morgan fingerprint density at radius 2 is 1.68 bits per heavy atom.